The van der Waals surface area contributed by atoms with Crippen LogP contribution in [0.25, 0.3) is 10.9 Å². The zero-order chi connectivity index (χ0) is 14.8. The summed E-state index contributed by atoms with van der Waals surface area (Å²) < 4.78 is 11.9. The third-order valence-corrected chi connectivity index (χ3v) is 4.49. The molecule has 6 heteroatoms. The molecule has 1 aliphatic heterocycles. The second-order valence-corrected chi connectivity index (χ2v) is 5.93. The number of benzene rings is 1. The summed E-state index contributed by atoms with van der Waals surface area (Å²) in [6.45, 7) is 1.62. The molecule has 1 saturated heterocycles. The number of aromatic nitrogens is 2. The Morgan fingerprint density at radius 1 is 1.38 bits per heavy atom. The van der Waals surface area contributed by atoms with Crippen LogP contribution in [-0.2, 0) is 4.74 Å². The van der Waals surface area contributed by atoms with Crippen molar-refractivity contribution >= 4 is 32.8 Å². The molecule has 1 aromatic carbocycles. The lowest BCUT2D eigenvalue weighted by molar-refractivity contribution is 0.0856. The maximum absolute atomic E-state index is 5.51. The van der Waals surface area contributed by atoms with E-state index in [4.69, 9.17) is 9.47 Å². The average molecular weight is 352 g/mol. The van der Waals surface area contributed by atoms with E-state index in [-0.39, 0.29) is 0 Å². The lowest BCUT2D eigenvalue weighted by Gasteiger charge is -2.24. The van der Waals surface area contributed by atoms with Crippen LogP contribution in [-0.4, -0.2) is 37.3 Å². The topological polar surface area (TPSA) is 56.3 Å². The first-order chi connectivity index (χ1) is 10.2. The van der Waals surface area contributed by atoms with Gasteiger partial charge in [-0.2, -0.15) is 0 Å². The molecule has 1 fully saturated rings. The summed E-state index contributed by atoms with van der Waals surface area (Å²) in [5.74, 6) is 1.82. The maximum Gasteiger partial charge on any atom is 0.223 e. The molecule has 112 valence electrons. The highest BCUT2D eigenvalue weighted by Crippen LogP contribution is 2.40. The summed E-state index contributed by atoms with van der Waals surface area (Å²) in [7, 11) is 3.47. The Morgan fingerprint density at radius 2 is 2.14 bits per heavy atom. The first-order valence-corrected chi connectivity index (χ1v) is 7.82. The van der Waals surface area contributed by atoms with Gasteiger partial charge >= 0.3 is 0 Å². The Kier molecular flexibility index (Phi) is 4.26. The van der Waals surface area contributed by atoms with Gasteiger partial charge in [-0.15, -0.1) is 0 Å². The van der Waals surface area contributed by atoms with Crippen molar-refractivity contribution in [1.29, 1.82) is 0 Å². The minimum absolute atomic E-state index is 0.479. The molecule has 1 aliphatic rings. The molecule has 0 radical (unpaired) electrons. The number of halogens is 1. The van der Waals surface area contributed by atoms with E-state index in [1.54, 1.807) is 7.11 Å². The Bertz CT molecular complexity index is 657. The van der Waals surface area contributed by atoms with Crippen LogP contribution in [0.15, 0.2) is 16.7 Å². The molecule has 0 spiro atoms. The quantitative estimate of drug-likeness (QED) is 0.918. The van der Waals surface area contributed by atoms with Crippen LogP contribution in [0.3, 0.4) is 0 Å². The van der Waals surface area contributed by atoms with Gasteiger partial charge in [0.05, 0.1) is 11.6 Å². The molecule has 1 aromatic heterocycles. The van der Waals surface area contributed by atoms with Gasteiger partial charge in [-0.25, -0.2) is 9.97 Å². The molecule has 2 aromatic rings. The van der Waals surface area contributed by atoms with Gasteiger partial charge in [-0.05, 0) is 46.3 Å². The van der Waals surface area contributed by atoms with Gasteiger partial charge in [-0.3, -0.25) is 0 Å². The number of rotatable bonds is 3. The van der Waals surface area contributed by atoms with Gasteiger partial charge in [0, 0.05) is 31.8 Å². The monoisotopic (exact) mass is 351 g/mol. The zero-order valence-electron chi connectivity index (χ0n) is 12.1. The van der Waals surface area contributed by atoms with Crippen molar-refractivity contribution in [3.05, 3.63) is 22.3 Å². The lowest BCUT2D eigenvalue weighted by Crippen LogP contribution is -2.14. The largest absolute Gasteiger partial charge is 0.493 e. The van der Waals surface area contributed by atoms with E-state index in [9.17, 15) is 0 Å². The van der Waals surface area contributed by atoms with Crippen LogP contribution >= 0.6 is 15.9 Å². The summed E-state index contributed by atoms with van der Waals surface area (Å²) in [6.07, 6.45) is 3.94. The predicted octanol–water partition coefficient (Wildman–Crippen LogP) is 3.34. The fraction of sp³-hybridized carbons (Fsp3) is 0.467. The van der Waals surface area contributed by atoms with Gasteiger partial charge in [-0.1, -0.05) is 0 Å². The van der Waals surface area contributed by atoms with Gasteiger partial charge in [0.2, 0.25) is 5.95 Å². The summed E-state index contributed by atoms with van der Waals surface area (Å²) in [5.41, 5.74) is 2.11. The standard InChI is InChI=1S/C15H18BrN3O2/c1-17-15-18-8-11-10(9-3-5-21-6-4-9)7-12(16)14(20-2)13(11)19-15/h7-9H,3-6H2,1-2H3,(H,17,18,19). The summed E-state index contributed by atoms with van der Waals surface area (Å²) in [4.78, 5) is 8.93. The Hall–Kier alpha value is -1.40. The first-order valence-electron chi connectivity index (χ1n) is 7.03. The van der Waals surface area contributed by atoms with Gasteiger partial charge in [0.1, 0.15) is 5.52 Å². The Labute approximate surface area is 132 Å². The van der Waals surface area contributed by atoms with Gasteiger partial charge in [0.15, 0.2) is 5.75 Å². The van der Waals surface area contributed by atoms with Crippen LogP contribution in [0.2, 0.25) is 0 Å². The van der Waals surface area contributed by atoms with Crippen LogP contribution in [0.5, 0.6) is 5.75 Å². The van der Waals surface area contributed by atoms with Crippen molar-refractivity contribution in [3.63, 3.8) is 0 Å². The van der Waals surface area contributed by atoms with Crippen molar-refractivity contribution in [1.82, 2.24) is 9.97 Å². The summed E-state index contributed by atoms with van der Waals surface area (Å²) in [5, 5.41) is 4.03. The predicted molar refractivity (Wildman–Crippen MR) is 86.1 cm³/mol. The van der Waals surface area contributed by atoms with Crippen molar-refractivity contribution in [2.75, 3.05) is 32.7 Å². The molecular formula is C15H18BrN3O2. The third kappa shape index (κ3) is 2.70. The molecule has 0 aliphatic carbocycles. The number of nitrogens with one attached hydrogen (secondary N) is 1. The van der Waals surface area contributed by atoms with Gasteiger partial charge in [0.25, 0.3) is 0 Å². The fourth-order valence-electron chi connectivity index (χ4n) is 2.82. The first kappa shape index (κ1) is 14.5. The molecule has 0 amide bonds. The van der Waals surface area contributed by atoms with Crippen molar-refractivity contribution < 1.29 is 9.47 Å². The van der Waals surface area contributed by atoms with E-state index in [1.165, 1.54) is 5.56 Å². The molecule has 2 heterocycles. The minimum Gasteiger partial charge on any atom is -0.493 e. The second-order valence-electron chi connectivity index (χ2n) is 5.07. The highest BCUT2D eigenvalue weighted by atomic mass is 79.9. The molecular weight excluding hydrogens is 334 g/mol. The van der Waals surface area contributed by atoms with E-state index in [2.05, 4.69) is 37.3 Å². The highest BCUT2D eigenvalue weighted by Gasteiger charge is 2.22. The molecule has 0 atom stereocenters. The summed E-state index contributed by atoms with van der Waals surface area (Å²) in [6, 6.07) is 2.14. The lowest BCUT2D eigenvalue weighted by atomic mass is 9.89. The molecule has 0 unspecified atom stereocenters. The smallest absolute Gasteiger partial charge is 0.223 e. The number of hydrogen-bond donors (Lipinski definition) is 1. The molecule has 5 nitrogen and oxygen atoms in total. The normalized spacial score (nSPS) is 16.1. The average Bonchev–Trinajstić information content (AvgIpc) is 2.54. The Balaban J connectivity index is 2.20. The molecule has 0 saturated carbocycles. The fourth-order valence-corrected chi connectivity index (χ4v) is 3.42. The van der Waals surface area contributed by atoms with Gasteiger partial charge < -0.3 is 14.8 Å². The number of nitrogens with zero attached hydrogens (tertiary/aromatic N) is 2. The molecule has 0 bridgehead atoms. The van der Waals surface area contributed by atoms with Crippen LogP contribution in [0.1, 0.15) is 24.3 Å². The van der Waals surface area contributed by atoms with E-state index in [0.29, 0.717) is 11.9 Å². The number of ether oxygens (including phenoxy) is 2. The number of hydrogen-bond acceptors (Lipinski definition) is 5. The molecule has 1 N–H and O–H groups in total. The summed E-state index contributed by atoms with van der Waals surface area (Å²) >= 11 is 3.60. The third-order valence-electron chi connectivity index (χ3n) is 3.90. The second kappa shape index (κ2) is 6.15. The van der Waals surface area contributed by atoms with Crippen LogP contribution in [0.4, 0.5) is 5.95 Å². The van der Waals surface area contributed by atoms with Crippen LogP contribution < -0.4 is 10.1 Å². The highest BCUT2D eigenvalue weighted by molar-refractivity contribution is 9.10. The SMILES string of the molecule is CNc1ncc2c(C3CCOCC3)cc(Br)c(OC)c2n1. The van der Waals surface area contributed by atoms with E-state index in [0.717, 1.165) is 47.2 Å². The van der Waals surface area contributed by atoms with E-state index in [1.807, 2.05) is 13.2 Å². The van der Waals surface area contributed by atoms with E-state index >= 15 is 0 Å². The van der Waals surface area contributed by atoms with Crippen LogP contribution in [0, 0.1) is 0 Å². The van der Waals surface area contributed by atoms with Crippen molar-refractivity contribution in [3.8, 4) is 5.75 Å². The zero-order valence-corrected chi connectivity index (χ0v) is 13.7. The Morgan fingerprint density at radius 3 is 2.81 bits per heavy atom. The molecule has 3 rings (SSSR count). The number of fused-ring (bicyclic) bond motifs is 1. The number of anilines is 1. The molecule has 21 heavy (non-hydrogen) atoms. The van der Waals surface area contributed by atoms with E-state index < -0.39 is 0 Å². The maximum atomic E-state index is 5.51. The number of methoxy groups -OCH3 is 1. The van der Waals surface area contributed by atoms with Crippen molar-refractivity contribution in [2.24, 2.45) is 0 Å². The van der Waals surface area contributed by atoms with Crippen molar-refractivity contribution in [2.45, 2.75) is 18.8 Å². The minimum atomic E-state index is 0.479.